The van der Waals surface area contributed by atoms with Gasteiger partial charge in [0.05, 0.1) is 31.3 Å². The van der Waals surface area contributed by atoms with Gasteiger partial charge < -0.3 is 29.7 Å². The van der Waals surface area contributed by atoms with Crippen molar-refractivity contribution in [2.75, 3.05) is 40.4 Å². The van der Waals surface area contributed by atoms with Crippen LogP contribution in [0, 0.1) is 11.8 Å². The molecule has 10 heteroatoms. The van der Waals surface area contributed by atoms with Crippen molar-refractivity contribution < 1.29 is 29.0 Å². The lowest BCUT2D eigenvalue weighted by molar-refractivity contribution is -0.167. The van der Waals surface area contributed by atoms with Crippen LogP contribution in [0.15, 0.2) is 10.6 Å². The molecule has 0 spiro atoms. The summed E-state index contributed by atoms with van der Waals surface area (Å²) in [5.41, 5.74) is 0.158. The van der Waals surface area contributed by atoms with Crippen LogP contribution < -0.4 is 5.32 Å². The number of amides is 1. The molecule has 0 aromatic rings. The molecule has 0 aliphatic carbocycles. The van der Waals surface area contributed by atoms with E-state index in [4.69, 9.17) is 9.47 Å². The summed E-state index contributed by atoms with van der Waals surface area (Å²) in [7, 11) is 4.01. The second kappa shape index (κ2) is 9.99. The van der Waals surface area contributed by atoms with Crippen molar-refractivity contribution in [1.82, 2.24) is 15.1 Å². The molecule has 0 saturated carbocycles. The van der Waals surface area contributed by atoms with Gasteiger partial charge in [-0.3, -0.25) is 9.59 Å². The summed E-state index contributed by atoms with van der Waals surface area (Å²) in [5, 5.41) is 13.7. The first-order chi connectivity index (χ1) is 14.6. The third-order valence-electron chi connectivity index (χ3n) is 6.02. The number of hydrogen-bond acceptors (Lipinski definition) is 9. The Labute approximate surface area is 187 Å². The van der Waals surface area contributed by atoms with Crippen molar-refractivity contribution in [2.24, 2.45) is 11.8 Å². The number of ether oxygens (including phenoxy) is 2. The SMILES string of the molecule is CC(=O)OC(=O)C1=C(S[C@@H]2CN[C@H](COCCN(C)C)C2)[C@H](C)[C@@H]2[C@@H]([C@@H](C)O)C(=O)N12. The molecule has 3 rings (SSSR count). The number of esters is 2. The predicted octanol–water partition coefficient (Wildman–Crippen LogP) is 0.187. The molecule has 6 atom stereocenters. The van der Waals surface area contributed by atoms with Crippen LogP contribution in [0.5, 0.6) is 0 Å². The molecule has 1 amide bonds. The summed E-state index contributed by atoms with van der Waals surface area (Å²) in [4.78, 5) is 41.0. The minimum Gasteiger partial charge on any atom is -0.393 e. The molecule has 0 radical (unpaired) electrons. The van der Waals surface area contributed by atoms with Gasteiger partial charge in [0.1, 0.15) is 5.70 Å². The summed E-state index contributed by atoms with van der Waals surface area (Å²) < 4.78 is 10.6. The molecule has 2 fully saturated rings. The van der Waals surface area contributed by atoms with Crippen molar-refractivity contribution >= 4 is 29.6 Å². The molecule has 0 bridgehead atoms. The second-order valence-electron chi connectivity index (χ2n) is 8.81. The fourth-order valence-electron chi connectivity index (χ4n) is 4.50. The van der Waals surface area contributed by atoms with Gasteiger partial charge in [-0.25, -0.2) is 4.79 Å². The van der Waals surface area contributed by atoms with Gasteiger partial charge in [-0.15, -0.1) is 11.8 Å². The van der Waals surface area contributed by atoms with Gasteiger partial charge in [-0.05, 0) is 27.4 Å². The smallest absolute Gasteiger partial charge is 0.363 e. The summed E-state index contributed by atoms with van der Waals surface area (Å²) >= 11 is 1.56. The molecule has 3 aliphatic heterocycles. The van der Waals surface area contributed by atoms with E-state index in [1.807, 2.05) is 21.0 Å². The fourth-order valence-corrected chi connectivity index (χ4v) is 6.01. The number of nitrogens with zero attached hydrogens (tertiary/aromatic N) is 2. The average Bonchev–Trinajstić information content (AvgIpc) is 3.20. The van der Waals surface area contributed by atoms with Gasteiger partial charge in [0, 0.05) is 42.1 Å². The van der Waals surface area contributed by atoms with E-state index in [0.717, 1.165) is 24.4 Å². The third kappa shape index (κ3) is 5.14. The van der Waals surface area contributed by atoms with Crippen molar-refractivity contribution in [3.05, 3.63) is 10.6 Å². The molecule has 0 aromatic carbocycles. The number of carbonyl (C=O) groups excluding carboxylic acids is 3. The lowest BCUT2D eigenvalue weighted by atomic mass is 9.79. The Morgan fingerprint density at radius 3 is 2.71 bits per heavy atom. The van der Waals surface area contributed by atoms with E-state index >= 15 is 0 Å². The Kier molecular flexibility index (Phi) is 7.80. The van der Waals surface area contributed by atoms with Crippen LogP contribution in [-0.4, -0.2) is 96.6 Å². The fraction of sp³-hybridized carbons (Fsp3) is 0.762. The number of hydrogen-bond donors (Lipinski definition) is 2. The number of aliphatic hydroxyl groups excluding tert-OH is 1. The van der Waals surface area contributed by atoms with Crippen LogP contribution in [-0.2, 0) is 23.9 Å². The molecular weight excluding hydrogens is 422 g/mol. The number of likely N-dealkylation sites (N-methyl/N-ethyl adjacent to an activating group) is 1. The lowest BCUT2D eigenvalue weighted by Crippen LogP contribution is -2.63. The van der Waals surface area contributed by atoms with Crippen LogP contribution in [0.4, 0.5) is 0 Å². The molecule has 3 aliphatic rings. The zero-order chi connectivity index (χ0) is 22.9. The average molecular weight is 456 g/mol. The Hall–Kier alpha value is -1.46. The molecule has 0 aromatic heterocycles. The number of nitrogens with one attached hydrogen (secondary N) is 1. The maximum absolute atomic E-state index is 12.7. The Balaban J connectivity index is 1.69. The van der Waals surface area contributed by atoms with E-state index in [-0.39, 0.29) is 34.9 Å². The van der Waals surface area contributed by atoms with Gasteiger partial charge in [-0.1, -0.05) is 6.92 Å². The summed E-state index contributed by atoms with van der Waals surface area (Å²) in [6.07, 6.45) is 0.0681. The monoisotopic (exact) mass is 455 g/mol. The van der Waals surface area contributed by atoms with Crippen molar-refractivity contribution in [2.45, 2.75) is 50.6 Å². The predicted molar refractivity (Wildman–Crippen MR) is 116 cm³/mol. The van der Waals surface area contributed by atoms with E-state index in [1.165, 1.54) is 11.8 Å². The van der Waals surface area contributed by atoms with Crippen LogP contribution in [0.25, 0.3) is 0 Å². The maximum atomic E-state index is 12.7. The first-order valence-electron chi connectivity index (χ1n) is 10.7. The van der Waals surface area contributed by atoms with Crippen LogP contribution >= 0.6 is 11.8 Å². The molecular formula is C21H33N3O6S. The molecule has 2 saturated heterocycles. The summed E-state index contributed by atoms with van der Waals surface area (Å²) in [5.74, 6) is -2.47. The number of β-lactam (4-membered cyclic amide) rings is 1. The van der Waals surface area contributed by atoms with E-state index in [2.05, 4.69) is 10.2 Å². The van der Waals surface area contributed by atoms with E-state index in [1.54, 1.807) is 18.7 Å². The zero-order valence-corrected chi connectivity index (χ0v) is 19.6. The number of aliphatic hydroxyl groups is 1. The summed E-state index contributed by atoms with van der Waals surface area (Å²) in [6, 6.07) is -0.0579. The van der Waals surface area contributed by atoms with Gasteiger partial charge in [0.2, 0.25) is 5.91 Å². The van der Waals surface area contributed by atoms with Crippen molar-refractivity contribution in [3.63, 3.8) is 0 Å². The van der Waals surface area contributed by atoms with Crippen LogP contribution in [0.2, 0.25) is 0 Å². The minimum atomic E-state index is -0.803. The van der Waals surface area contributed by atoms with E-state index in [9.17, 15) is 19.5 Å². The second-order valence-corrected chi connectivity index (χ2v) is 10.1. The van der Waals surface area contributed by atoms with Gasteiger partial charge >= 0.3 is 11.9 Å². The standard InChI is InChI=1S/C21H33N3O6S/c1-11-17-16(12(2)25)20(27)24(17)18(21(28)30-13(3)26)19(11)31-15-8-14(22-9-15)10-29-7-6-23(4)5/h11-12,14-17,22,25H,6-10H2,1-5H3/t11-,12-,14+,15+,16-,17-/m1/s1. The largest absolute Gasteiger partial charge is 0.393 e. The van der Waals surface area contributed by atoms with Gasteiger partial charge in [0.25, 0.3) is 0 Å². The highest BCUT2D eigenvalue weighted by molar-refractivity contribution is 8.03. The first-order valence-corrected chi connectivity index (χ1v) is 11.6. The Bertz CT molecular complexity index is 755. The quantitative estimate of drug-likeness (QED) is 0.218. The number of rotatable bonds is 9. The first kappa shape index (κ1) is 24.2. The van der Waals surface area contributed by atoms with Crippen LogP contribution in [0.1, 0.15) is 27.2 Å². The van der Waals surface area contributed by atoms with Gasteiger partial charge in [0.15, 0.2) is 0 Å². The zero-order valence-electron chi connectivity index (χ0n) is 18.8. The normalized spacial score (nSPS) is 31.1. The van der Waals surface area contributed by atoms with Crippen molar-refractivity contribution in [1.29, 1.82) is 0 Å². The Morgan fingerprint density at radius 2 is 2.10 bits per heavy atom. The molecule has 2 N–H and O–H groups in total. The van der Waals surface area contributed by atoms with E-state index in [0.29, 0.717) is 13.2 Å². The van der Waals surface area contributed by atoms with Gasteiger partial charge in [-0.2, -0.15) is 0 Å². The molecule has 3 heterocycles. The minimum absolute atomic E-state index is 0.118. The number of thioether (sulfide) groups is 1. The number of fused-ring (bicyclic) bond motifs is 1. The lowest BCUT2D eigenvalue weighted by Gasteiger charge is -2.46. The molecule has 31 heavy (non-hydrogen) atoms. The number of carbonyl (C=O) groups is 3. The molecule has 174 valence electrons. The van der Waals surface area contributed by atoms with Crippen LogP contribution in [0.3, 0.4) is 0 Å². The molecule has 9 nitrogen and oxygen atoms in total. The topological polar surface area (TPSA) is 108 Å². The summed E-state index contributed by atoms with van der Waals surface area (Å²) in [6.45, 7) is 7.64. The van der Waals surface area contributed by atoms with E-state index < -0.39 is 24.0 Å². The Morgan fingerprint density at radius 1 is 1.39 bits per heavy atom. The van der Waals surface area contributed by atoms with Crippen molar-refractivity contribution in [3.8, 4) is 0 Å². The highest BCUT2D eigenvalue weighted by Gasteiger charge is 2.60. The molecule has 0 unspecified atom stereocenters. The third-order valence-corrected chi connectivity index (χ3v) is 7.53. The maximum Gasteiger partial charge on any atom is 0.363 e. The highest BCUT2D eigenvalue weighted by Crippen LogP contribution is 2.52. The highest BCUT2D eigenvalue weighted by atomic mass is 32.2.